The van der Waals surface area contributed by atoms with Crippen LogP contribution in [0.3, 0.4) is 0 Å². The summed E-state index contributed by atoms with van der Waals surface area (Å²) >= 11 is 0. The molecule has 2 N–H and O–H groups in total. The summed E-state index contributed by atoms with van der Waals surface area (Å²) in [7, 11) is 0. The summed E-state index contributed by atoms with van der Waals surface area (Å²) in [4.78, 5) is 34.5. The van der Waals surface area contributed by atoms with Crippen LogP contribution in [-0.4, -0.2) is 33.5 Å². The Kier molecular flexibility index (Phi) is 4.12. The van der Waals surface area contributed by atoms with Crippen LogP contribution in [0.25, 0.3) is 22.2 Å². The summed E-state index contributed by atoms with van der Waals surface area (Å²) in [6, 6.07) is 8.77. The van der Waals surface area contributed by atoms with Crippen molar-refractivity contribution in [1.29, 1.82) is 0 Å². The first-order chi connectivity index (χ1) is 12.6. The number of nitrogens with zero attached hydrogens (tertiary/aromatic N) is 2. The molecule has 0 spiro atoms. The van der Waals surface area contributed by atoms with Crippen LogP contribution in [-0.2, 0) is 4.79 Å². The molecule has 1 saturated heterocycles. The van der Waals surface area contributed by atoms with Gasteiger partial charge < -0.3 is 15.0 Å². The predicted octanol–water partition coefficient (Wildman–Crippen LogP) is 1.89. The summed E-state index contributed by atoms with van der Waals surface area (Å²) in [5.41, 5.74) is 2.02. The molecule has 2 atom stereocenters. The molecule has 1 fully saturated rings. The van der Waals surface area contributed by atoms with Crippen molar-refractivity contribution >= 4 is 16.8 Å². The van der Waals surface area contributed by atoms with Gasteiger partial charge in [0.05, 0.1) is 16.6 Å². The Morgan fingerprint density at radius 3 is 2.88 bits per heavy atom. The second-order valence-corrected chi connectivity index (χ2v) is 6.42. The Hall–Kier alpha value is -3.22. The molecule has 7 nitrogen and oxygen atoms in total. The molecule has 0 unspecified atom stereocenters. The first-order valence-electron chi connectivity index (χ1n) is 8.48. The van der Waals surface area contributed by atoms with Crippen LogP contribution in [0.15, 0.2) is 47.5 Å². The number of pyridine rings is 3. The van der Waals surface area contributed by atoms with Crippen LogP contribution in [0, 0.1) is 5.92 Å². The maximum absolute atomic E-state index is 11.5. The van der Waals surface area contributed by atoms with Crippen molar-refractivity contribution in [2.75, 3.05) is 6.54 Å². The van der Waals surface area contributed by atoms with Crippen molar-refractivity contribution in [2.45, 2.75) is 19.4 Å². The smallest absolute Gasteiger partial charge is 0.247 e. The van der Waals surface area contributed by atoms with Gasteiger partial charge in [0, 0.05) is 42.9 Å². The fraction of sp³-hybridized carbons (Fsp3) is 0.263. The number of aromatic amines is 1. The molecule has 4 heterocycles. The Morgan fingerprint density at radius 1 is 1.27 bits per heavy atom. The van der Waals surface area contributed by atoms with Gasteiger partial charge >= 0.3 is 0 Å². The quantitative estimate of drug-likeness (QED) is 0.749. The highest BCUT2D eigenvalue weighted by molar-refractivity contribution is 5.86. The molecule has 0 bridgehead atoms. The number of aromatic nitrogens is 3. The number of fused-ring (bicyclic) bond motifs is 1. The molecule has 0 saturated carbocycles. The topological polar surface area (TPSA) is 97.0 Å². The van der Waals surface area contributed by atoms with E-state index in [0.717, 1.165) is 16.5 Å². The van der Waals surface area contributed by atoms with Gasteiger partial charge in [0.2, 0.25) is 17.3 Å². The third kappa shape index (κ3) is 3.15. The molecule has 0 aliphatic carbocycles. The summed E-state index contributed by atoms with van der Waals surface area (Å²) in [5, 5.41) is 3.64. The van der Waals surface area contributed by atoms with Crippen molar-refractivity contribution < 1.29 is 9.53 Å². The molecule has 0 aromatic carbocycles. The Balaban J connectivity index is 1.73. The van der Waals surface area contributed by atoms with Crippen molar-refractivity contribution in [3.05, 3.63) is 53.1 Å². The van der Waals surface area contributed by atoms with Crippen molar-refractivity contribution in [3.8, 4) is 17.1 Å². The van der Waals surface area contributed by atoms with Gasteiger partial charge in [-0.25, -0.2) is 4.98 Å². The largest absolute Gasteiger partial charge is 0.474 e. The van der Waals surface area contributed by atoms with E-state index in [1.165, 1.54) is 6.07 Å². The zero-order valence-corrected chi connectivity index (χ0v) is 14.2. The summed E-state index contributed by atoms with van der Waals surface area (Å²) in [5.74, 6) is 0.628. The number of hydrogen-bond acceptors (Lipinski definition) is 5. The minimum Gasteiger partial charge on any atom is -0.474 e. The zero-order valence-electron chi connectivity index (χ0n) is 14.2. The molecule has 1 amide bonds. The SMILES string of the molecule is C[C@@H](Oc1nc(-c2ccc(=O)[nH]c2)cc2ncccc12)[C@H]1CNC(=O)C1. The monoisotopic (exact) mass is 350 g/mol. The number of amides is 1. The highest BCUT2D eigenvalue weighted by Crippen LogP contribution is 2.29. The average Bonchev–Trinajstić information content (AvgIpc) is 3.09. The molecule has 4 rings (SSSR count). The second kappa shape index (κ2) is 6.59. The molecule has 26 heavy (non-hydrogen) atoms. The lowest BCUT2D eigenvalue weighted by Crippen LogP contribution is -2.26. The van der Waals surface area contributed by atoms with Gasteiger partial charge in [-0.05, 0) is 31.2 Å². The molecular weight excluding hydrogens is 332 g/mol. The molecule has 0 radical (unpaired) electrons. The summed E-state index contributed by atoms with van der Waals surface area (Å²) < 4.78 is 6.13. The van der Waals surface area contributed by atoms with E-state index in [4.69, 9.17) is 4.74 Å². The van der Waals surface area contributed by atoms with Crippen molar-refractivity contribution in [1.82, 2.24) is 20.3 Å². The van der Waals surface area contributed by atoms with Gasteiger partial charge in [0.15, 0.2) is 0 Å². The lowest BCUT2D eigenvalue weighted by atomic mass is 10.0. The van der Waals surface area contributed by atoms with E-state index in [1.54, 1.807) is 18.5 Å². The number of ether oxygens (including phenoxy) is 1. The van der Waals surface area contributed by atoms with E-state index < -0.39 is 0 Å². The molecule has 7 heteroatoms. The fourth-order valence-electron chi connectivity index (χ4n) is 3.08. The number of H-pyrrole nitrogens is 1. The van der Waals surface area contributed by atoms with Gasteiger partial charge in [-0.15, -0.1) is 0 Å². The fourth-order valence-corrected chi connectivity index (χ4v) is 3.08. The molecular formula is C19H18N4O3. The highest BCUT2D eigenvalue weighted by Gasteiger charge is 2.28. The van der Waals surface area contributed by atoms with E-state index >= 15 is 0 Å². The van der Waals surface area contributed by atoms with Gasteiger partial charge in [-0.1, -0.05) is 0 Å². The Bertz CT molecular complexity index is 1010. The second-order valence-electron chi connectivity index (χ2n) is 6.42. The average molecular weight is 350 g/mol. The number of carbonyl (C=O) groups is 1. The van der Waals surface area contributed by atoms with Crippen LogP contribution < -0.4 is 15.6 Å². The molecule has 1 aliphatic heterocycles. The Morgan fingerprint density at radius 2 is 2.15 bits per heavy atom. The molecule has 1 aliphatic rings. The van der Waals surface area contributed by atoms with E-state index in [9.17, 15) is 9.59 Å². The molecule has 3 aromatic rings. The summed E-state index contributed by atoms with van der Waals surface area (Å²) in [6.45, 7) is 2.55. The lowest BCUT2D eigenvalue weighted by Gasteiger charge is -2.20. The normalized spacial score (nSPS) is 17.9. The van der Waals surface area contributed by atoms with Crippen molar-refractivity contribution in [3.63, 3.8) is 0 Å². The third-order valence-electron chi connectivity index (χ3n) is 4.61. The van der Waals surface area contributed by atoms with Gasteiger partial charge in [-0.2, -0.15) is 0 Å². The third-order valence-corrected chi connectivity index (χ3v) is 4.61. The maximum atomic E-state index is 11.5. The standard InChI is InChI=1S/C19H18N4O3/c1-11(13-7-18(25)22-10-13)26-19-14-3-2-6-20-16(14)8-15(23-19)12-4-5-17(24)21-9-12/h2-6,8-9,11,13H,7,10H2,1H3,(H,21,24)(H,22,25)/t11-,13-/m1/s1. The first kappa shape index (κ1) is 16.3. The van der Waals surface area contributed by atoms with Crippen molar-refractivity contribution in [2.24, 2.45) is 5.92 Å². The lowest BCUT2D eigenvalue weighted by molar-refractivity contribution is -0.119. The minimum absolute atomic E-state index is 0.0481. The van der Waals surface area contributed by atoms with E-state index in [2.05, 4.69) is 20.3 Å². The zero-order chi connectivity index (χ0) is 18.1. The van der Waals surface area contributed by atoms with Crippen LogP contribution in [0.1, 0.15) is 13.3 Å². The van der Waals surface area contributed by atoms with Gasteiger partial charge in [0.25, 0.3) is 0 Å². The van der Waals surface area contributed by atoms with Crippen LogP contribution in [0.5, 0.6) is 5.88 Å². The van der Waals surface area contributed by atoms with Crippen LogP contribution in [0.4, 0.5) is 0 Å². The van der Waals surface area contributed by atoms with Gasteiger partial charge in [0.1, 0.15) is 6.10 Å². The number of hydrogen-bond donors (Lipinski definition) is 2. The number of nitrogens with one attached hydrogen (secondary N) is 2. The van der Waals surface area contributed by atoms with Crippen LogP contribution in [0.2, 0.25) is 0 Å². The molecule has 3 aromatic heterocycles. The highest BCUT2D eigenvalue weighted by atomic mass is 16.5. The van der Waals surface area contributed by atoms with E-state index in [1.807, 2.05) is 25.1 Å². The van der Waals surface area contributed by atoms with E-state index in [0.29, 0.717) is 24.5 Å². The van der Waals surface area contributed by atoms with Gasteiger partial charge in [-0.3, -0.25) is 14.6 Å². The molecule has 132 valence electrons. The van der Waals surface area contributed by atoms with Crippen LogP contribution >= 0.6 is 0 Å². The van der Waals surface area contributed by atoms with E-state index in [-0.39, 0.29) is 23.5 Å². The first-order valence-corrected chi connectivity index (χ1v) is 8.48. The predicted molar refractivity (Wildman–Crippen MR) is 96.8 cm³/mol. The number of carbonyl (C=O) groups excluding carboxylic acids is 1. The number of rotatable bonds is 4. The maximum Gasteiger partial charge on any atom is 0.247 e. The Labute approximate surface area is 149 Å². The summed E-state index contributed by atoms with van der Waals surface area (Å²) in [6.07, 6.45) is 3.62. The minimum atomic E-state index is -0.171.